The van der Waals surface area contributed by atoms with Crippen LogP contribution in [0.2, 0.25) is 0 Å². The third-order valence-electron chi connectivity index (χ3n) is 6.63. The van der Waals surface area contributed by atoms with Crippen LogP contribution in [-0.2, 0) is 12.1 Å². The molecule has 0 unspecified atom stereocenters. The molecule has 0 aliphatic carbocycles. The SMILES string of the molecule is CCN1CCn2c(-c3ccccc3)cnc2C12CCN(C(=O)c1ccnnc1)CC2. The number of amides is 1. The van der Waals surface area contributed by atoms with E-state index in [9.17, 15) is 4.79 Å². The van der Waals surface area contributed by atoms with Gasteiger partial charge in [-0.05, 0) is 31.0 Å². The van der Waals surface area contributed by atoms with Gasteiger partial charge in [0.2, 0.25) is 0 Å². The maximum atomic E-state index is 12.9. The van der Waals surface area contributed by atoms with Crippen LogP contribution in [0.15, 0.2) is 55.0 Å². The predicted octanol–water partition coefficient (Wildman–Crippen LogP) is 2.81. The van der Waals surface area contributed by atoms with E-state index >= 15 is 0 Å². The van der Waals surface area contributed by atoms with Gasteiger partial charge in [0.1, 0.15) is 5.82 Å². The number of fused-ring (bicyclic) bond motifs is 2. The van der Waals surface area contributed by atoms with Crippen LogP contribution in [0, 0.1) is 0 Å². The van der Waals surface area contributed by atoms with Crippen LogP contribution in [0.4, 0.5) is 0 Å². The molecule has 7 heteroatoms. The molecule has 2 aliphatic heterocycles. The standard InChI is InChI=1S/C23H26N6O/c1-2-28-14-15-29-20(18-6-4-3-5-7-18)17-24-22(29)23(28)9-12-27(13-10-23)21(30)19-8-11-25-26-16-19/h3-8,11,16-17H,2,9-10,12-15H2,1H3. The Kier molecular flexibility index (Phi) is 4.83. The number of hydrogen-bond acceptors (Lipinski definition) is 5. The van der Waals surface area contributed by atoms with Crippen molar-refractivity contribution in [1.29, 1.82) is 0 Å². The van der Waals surface area contributed by atoms with Gasteiger partial charge in [0.25, 0.3) is 5.91 Å². The molecule has 0 radical (unpaired) electrons. The first-order chi connectivity index (χ1) is 14.7. The van der Waals surface area contributed by atoms with Crippen LogP contribution < -0.4 is 0 Å². The highest BCUT2D eigenvalue weighted by Gasteiger charge is 2.47. The summed E-state index contributed by atoms with van der Waals surface area (Å²) < 4.78 is 2.39. The summed E-state index contributed by atoms with van der Waals surface area (Å²) in [6, 6.07) is 12.2. The highest BCUT2D eigenvalue weighted by atomic mass is 16.2. The normalized spacial score (nSPS) is 18.4. The number of likely N-dealkylation sites (tertiary alicyclic amines) is 1. The van der Waals surface area contributed by atoms with E-state index in [1.165, 1.54) is 11.3 Å². The minimum Gasteiger partial charge on any atom is -0.338 e. The summed E-state index contributed by atoms with van der Waals surface area (Å²) in [6.07, 6.45) is 6.91. The third kappa shape index (κ3) is 3.01. The first-order valence-electron chi connectivity index (χ1n) is 10.7. The number of carbonyl (C=O) groups excluding carboxylic acids is 1. The monoisotopic (exact) mass is 402 g/mol. The Balaban J connectivity index is 1.44. The number of likely N-dealkylation sites (N-methyl/N-ethyl adjacent to an activating group) is 1. The lowest BCUT2D eigenvalue weighted by atomic mass is 9.83. The fourth-order valence-corrected chi connectivity index (χ4v) is 5.07. The van der Waals surface area contributed by atoms with E-state index in [0.29, 0.717) is 18.7 Å². The van der Waals surface area contributed by atoms with Crippen LogP contribution in [0.3, 0.4) is 0 Å². The van der Waals surface area contributed by atoms with E-state index in [1.807, 2.05) is 17.2 Å². The van der Waals surface area contributed by atoms with Crippen molar-refractivity contribution < 1.29 is 4.79 Å². The molecular weight excluding hydrogens is 376 g/mol. The van der Waals surface area contributed by atoms with Crippen molar-refractivity contribution in [1.82, 2.24) is 29.5 Å². The Hall–Kier alpha value is -3.06. The fraction of sp³-hybridized carbons (Fsp3) is 0.391. The summed E-state index contributed by atoms with van der Waals surface area (Å²) in [6.45, 7) is 6.58. The molecule has 154 valence electrons. The molecule has 1 spiro atoms. The molecule has 0 N–H and O–H groups in total. The second kappa shape index (κ2) is 7.65. The van der Waals surface area contributed by atoms with Crippen molar-refractivity contribution in [2.24, 2.45) is 0 Å². The van der Waals surface area contributed by atoms with Crippen LogP contribution in [0.25, 0.3) is 11.3 Å². The van der Waals surface area contributed by atoms with Gasteiger partial charge in [0.15, 0.2) is 0 Å². The number of hydrogen-bond donors (Lipinski definition) is 0. The van der Waals surface area contributed by atoms with Crippen molar-refractivity contribution in [3.05, 3.63) is 66.4 Å². The minimum atomic E-state index is -0.118. The van der Waals surface area contributed by atoms with Crippen molar-refractivity contribution in [3.63, 3.8) is 0 Å². The van der Waals surface area contributed by atoms with Gasteiger partial charge in [-0.1, -0.05) is 37.3 Å². The third-order valence-corrected chi connectivity index (χ3v) is 6.63. The number of piperidine rings is 1. The lowest BCUT2D eigenvalue weighted by Crippen LogP contribution is -2.58. The quantitative estimate of drug-likeness (QED) is 0.674. The topological polar surface area (TPSA) is 67.2 Å². The van der Waals surface area contributed by atoms with Gasteiger partial charge < -0.3 is 9.47 Å². The molecular formula is C23H26N6O. The van der Waals surface area contributed by atoms with E-state index in [1.54, 1.807) is 18.5 Å². The molecule has 0 saturated carbocycles. The molecule has 30 heavy (non-hydrogen) atoms. The van der Waals surface area contributed by atoms with Crippen molar-refractivity contribution in [2.75, 3.05) is 26.2 Å². The molecule has 7 nitrogen and oxygen atoms in total. The van der Waals surface area contributed by atoms with E-state index in [0.717, 1.165) is 38.3 Å². The number of rotatable bonds is 3. The van der Waals surface area contributed by atoms with Gasteiger partial charge in [-0.15, -0.1) is 0 Å². The maximum Gasteiger partial charge on any atom is 0.255 e. The lowest BCUT2D eigenvalue weighted by Gasteiger charge is -2.50. The molecule has 2 aromatic heterocycles. The molecule has 0 bridgehead atoms. The largest absolute Gasteiger partial charge is 0.338 e. The van der Waals surface area contributed by atoms with E-state index in [2.05, 4.69) is 50.9 Å². The summed E-state index contributed by atoms with van der Waals surface area (Å²) in [5.74, 6) is 1.18. The Bertz CT molecular complexity index is 1020. The first kappa shape index (κ1) is 18.9. The number of nitrogens with zero attached hydrogens (tertiary/aromatic N) is 6. The molecule has 1 fully saturated rings. The molecule has 3 aromatic rings. The van der Waals surface area contributed by atoms with Crippen LogP contribution in [-0.4, -0.2) is 61.6 Å². The average Bonchev–Trinajstić information content (AvgIpc) is 3.26. The Morgan fingerprint density at radius 1 is 1.00 bits per heavy atom. The summed E-state index contributed by atoms with van der Waals surface area (Å²) >= 11 is 0. The highest BCUT2D eigenvalue weighted by Crippen LogP contribution is 2.42. The van der Waals surface area contributed by atoms with E-state index in [-0.39, 0.29) is 11.4 Å². The molecule has 2 aliphatic rings. The van der Waals surface area contributed by atoms with Gasteiger partial charge in [-0.2, -0.15) is 10.2 Å². The van der Waals surface area contributed by atoms with Gasteiger partial charge in [0.05, 0.1) is 35.4 Å². The molecule has 0 atom stereocenters. The summed E-state index contributed by atoms with van der Waals surface area (Å²) in [7, 11) is 0. The van der Waals surface area contributed by atoms with E-state index < -0.39 is 0 Å². The lowest BCUT2D eigenvalue weighted by molar-refractivity contribution is -0.00314. The Labute approximate surface area is 176 Å². The zero-order valence-corrected chi connectivity index (χ0v) is 17.2. The Morgan fingerprint density at radius 3 is 2.50 bits per heavy atom. The molecule has 1 saturated heterocycles. The number of aromatic nitrogens is 4. The second-order valence-corrected chi connectivity index (χ2v) is 8.02. The van der Waals surface area contributed by atoms with Crippen molar-refractivity contribution >= 4 is 5.91 Å². The highest BCUT2D eigenvalue weighted by molar-refractivity contribution is 5.93. The summed E-state index contributed by atoms with van der Waals surface area (Å²) in [5, 5.41) is 7.63. The Morgan fingerprint density at radius 2 is 1.80 bits per heavy atom. The zero-order valence-electron chi connectivity index (χ0n) is 17.2. The summed E-state index contributed by atoms with van der Waals surface area (Å²) in [4.78, 5) is 22.3. The van der Waals surface area contributed by atoms with Gasteiger partial charge in [0, 0.05) is 26.2 Å². The summed E-state index contributed by atoms with van der Waals surface area (Å²) in [5.41, 5.74) is 2.87. The van der Waals surface area contributed by atoms with Gasteiger partial charge in [-0.3, -0.25) is 9.69 Å². The molecule has 1 amide bonds. The average molecular weight is 403 g/mol. The zero-order chi connectivity index (χ0) is 20.6. The second-order valence-electron chi connectivity index (χ2n) is 8.02. The van der Waals surface area contributed by atoms with Crippen LogP contribution >= 0.6 is 0 Å². The van der Waals surface area contributed by atoms with Crippen LogP contribution in [0.1, 0.15) is 35.9 Å². The number of carbonyl (C=O) groups is 1. The number of imidazole rings is 1. The molecule has 4 heterocycles. The van der Waals surface area contributed by atoms with Crippen LogP contribution in [0.5, 0.6) is 0 Å². The van der Waals surface area contributed by atoms with Gasteiger partial charge in [-0.25, -0.2) is 4.98 Å². The van der Waals surface area contributed by atoms with E-state index in [4.69, 9.17) is 4.98 Å². The smallest absolute Gasteiger partial charge is 0.255 e. The fourth-order valence-electron chi connectivity index (χ4n) is 5.07. The van der Waals surface area contributed by atoms with Crippen molar-refractivity contribution in [2.45, 2.75) is 31.8 Å². The maximum absolute atomic E-state index is 12.9. The van der Waals surface area contributed by atoms with Gasteiger partial charge >= 0.3 is 0 Å². The number of benzene rings is 1. The molecule has 1 aromatic carbocycles. The minimum absolute atomic E-state index is 0.0342. The molecule has 5 rings (SSSR count). The predicted molar refractivity (Wildman–Crippen MR) is 114 cm³/mol. The first-order valence-corrected chi connectivity index (χ1v) is 10.7. The van der Waals surface area contributed by atoms with Crippen molar-refractivity contribution in [3.8, 4) is 11.3 Å².